The molecule has 2 saturated heterocycles. The fourth-order valence-electron chi connectivity index (χ4n) is 2.33. The van der Waals surface area contributed by atoms with Crippen LogP contribution in [0.15, 0.2) is 0 Å². The number of fused-ring (bicyclic) bond motifs is 2. The van der Waals surface area contributed by atoms with E-state index in [9.17, 15) is 0 Å². The van der Waals surface area contributed by atoms with Crippen LogP contribution in [0.3, 0.4) is 0 Å². The third kappa shape index (κ3) is 2.22. The van der Waals surface area contributed by atoms with E-state index in [1.54, 1.807) is 0 Å². The van der Waals surface area contributed by atoms with Crippen LogP contribution < -0.4 is 5.32 Å². The number of rotatable bonds is 4. The summed E-state index contributed by atoms with van der Waals surface area (Å²) in [6, 6.07) is 0.638. The van der Waals surface area contributed by atoms with Gasteiger partial charge in [0.25, 0.3) is 0 Å². The van der Waals surface area contributed by atoms with Gasteiger partial charge in [0.05, 0.1) is 12.2 Å². The van der Waals surface area contributed by atoms with E-state index in [2.05, 4.69) is 24.3 Å². The molecular weight excluding hydrogens is 164 g/mol. The van der Waals surface area contributed by atoms with Gasteiger partial charge in [-0.05, 0) is 33.4 Å². The van der Waals surface area contributed by atoms with Crippen LogP contribution in [0.25, 0.3) is 0 Å². The summed E-state index contributed by atoms with van der Waals surface area (Å²) in [5, 5.41) is 3.58. The van der Waals surface area contributed by atoms with Gasteiger partial charge in [0.15, 0.2) is 0 Å². The molecule has 2 heterocycles. The zero-order valence-electron chi connectivity index (χ0n) is 8.62. The van der Waals surface area contributed by atoms with Crippen LogP contribution in [0, 0.1) is 0 Å². The van der Waals surface area contributed by atoms with Crippen molar-refractivity contribution in [2.75, 3.05) is 27.2 Å². The van der Waals surface area contributed by atoms with Crippen LogP contribution in [-0.2, 0) is 4.74 Å². The highest BCUT2D eigenvalue weighted by Crippen LogP contribution is 2.34. The van der Waals surface area contributed by atoms with Gasteiger partial charge in [0.1, 0.15) is 0 Å². The Balaban J connectivity index is 1.66. The summed E-state index contributed by atoms with van der Waals surface area (Å²) in [5.41, 5.74) is 0. The molecule has 0 aromatic rings. The number of likely N-dealkylation sites (N-methyl/N-ethyl adjacent to an activating group) is 1. The Kier molecular flexibility index (Phi) is 2.86. The average Bonchev–Trinajstić information content (AvgIpc) is 2.64. The molecule has 3 unspecified atom stereocenters. The molecule has 2 bridgehead atoms. The predicted molar refractivity (Wildman–Crippen MR) is 52.9 cm³/mol. The molecule has 3 heteroatoms. The summed E-state index contributed by atoms with van der Waals surface area (Å²) in [4.78, 5) is 2.21. The monoisotopic (exact) mass is 184 g/mol. The van der Waals surface area contributed by atoms with Gasteiger partial charge in [-0.2, -0.15) is 0 Å². The van der Waals surface area contributed by atoms with Gasteiger partial charge in [-0.3, -0.25) is 0 Å². The van der Waals surface area contributed by atoms with E-state index in [0.29, 0.717) is 18.2 Å². The maximum atomic E-state index is 5.77. The van der Waals surface area contributed by atoms with E-state index < -0.39 is 0 Å². The van der Waals surface area contributed by atoms with Crippen LogP contribution in [0.2, 0.25) is 0 Å². The van der Waals surface area contributed by atoms with Crippen molar-refractivity contribution in [2.24, 2.45) is 0 Å². The van der Waals surface area contributed by atoms with Crippen molar-refractivity contribution < 1.29 is 4.74 Å². The maximum absolute atomic E-state index is 5.77. The molecule has 1 N–H and O–H groups in total. The van der Waals surface area contributed by atoms with Crippen LogP contribution in [0.1, 0.15) is 19.3 Å². The molecule has 2 fully saturated rings. The summed E-state index contributed by atoms with van der Waals surface area (Å²) in [5.74, 6) is 0. The smallest absolute Gasteiger partial charge is 0.0733 e. The van der Waals surface area contributed by atoms with E-state index in [4.69, 9.17) is 4.74 Å². The third-order valence-electron chi connectivity index (χ3n) is 3.07. The lowest BCUT2D eigenvalue weighted by atomic mass is 9.95. The first-order chi connectivity index (χ1) is 6.25. The number of ether oxygens (including phenoxy) is 1. The van der Waals surface area contributed by atoms with E-state index in [0.717, 1.165) is 13.1 Å². The van der Waals surface area contributed by atoms with Crippen molar-refractivity contribution in [3.63, 3.8) is 0 Å². The highest BCUT2D eigenvalue weighted by molar-refractivity contribution is 4.93. The third-order valence-corrected chi connectivity index (χ3v) is 3.07. The molecule has 2 rings (SSSR count). The fraction of sp³-hybridized carbons (Fsp3) is 1.00. The lowest BCUT2D eigenvalue weighted by Gasteiger charge is -2.21. The van der Waals surface area contributed by atoms with E-state index >= 15 is 0 Å². The number of nitrogens with zero attached hydrogens (tertiary/aromatic N) is 1. The molecule has 76 valence electrons. The molecule has 0 amide bonds. The minimum absolute atomic E-state index is 0.521. The largest absolute Gasteiger partial charge is 0.373 e. The van der Waals surface area contributed by atoms with Gasteiger partial charge >= 0.3 is 0 Å². The molecule has 0 spiro atoms. The molecule has 0 aromatic carbocycles. The summed E-state index contributed by atoms with van der Waals surface area (Å²) >= 11 is 0. The lowest BCUT2D eigenvalue weighted by Crippen LogP contribution is -2.40. The van der Waals surface area contributed by atoms with Gasteiger partial charge < -0.3 is 15.0 Å². The minimum atomic E-state index is 0.521. The van der Waals surface area contributed by atoms with Crippen molar-refractivity contribution in [2.45, 2.75) is 37.5 Å². The lowest BCUT2D eigenvalue weighted by molar-refractivity contribution is 0.0972. The Bertz CT molecular complexity index is 172. The molecule has 0 aliphatic carbocycles. The fourth-order valence-corrected chi connectivity index (χ4v) is 2.33. The topological polar surface area (TPSA) is 24.5 Å². The first kappa shape index (κ1) is 9.44. The first-order valence-electron chi connectivity index (χ1n) is 5.29. The zero-order chi connectivity index (χ0) is 9.26. The molecule has 2 aliphatic heterocycles. The summed E-state index contributed by atoms with van der Waals surface area (Å²) in [6.07, 6.45) is 4.88. The van der Waals surface area contributed by atoms with Crippen molar-refractivity contribution in [3.05, 3.63) is 0 Å². The van der Waals surface area contributed by atoms with Gasteiger partial charge in [0.2, 0.25) is 0 Å². The Morgan fingerprint density at radius 1 is 1.38 bits per heavy atom. The second-order valence-electron chi connectivity index (χ2n) is 4.47. The molecule has 3 nitrogen and oxygen atoms in total. The standard InChI is InChI=1S/C10H20N2O/c1-12(2)6-5-11-9-7-8-3-4-10(9)13-8/h8-11H,3-7H2,1-2H3. The summed E-state index contributed by atoms with van der Waals surface area (Å²) < 4.78 is 5.77. The molecule has 2 aliphatic rings. The Hall–Kier alpha value is -0.120. The van der Waals surface area contributed by atoms with E-state index in [-0.39, 0.29) is 0 Å². The Morgan fingerprint density at radius 2 is 2.23 bits per heavy atom. The maximum Gasteiger partial charge on any atom is 0.0733 e. The number of nitrogens with one attached hydrogen (secondary N) is 1. The Morgan fingerprint density at radius 3 is 2.77 bits per heavy atom. The van der Waals surface area contributed by atoms with Crippen molar-refractivity contribution in [1.82, 2.24) is 10.2 Å². The molecular formula is C10H20N2O. The quantitative estimate of drug-likeness (QED) is 0.687. The van der Waals surface area contributed by atoms with Crippen molar-refractivity contribution in [3.8, 4) is 0 Å². The van der Waals surface area contributed by atoms with E-state index in [1.807, 2.05) is 0 Å². The highest BCUT2D eigenvalue weighted by atomic mass is 16.5. The second kappa shape index (κ2) is 3.95. The molecule has 0 radical (unpaired) electrons. The van der Waals surface area contributed by atoms with Gasteiger partial charge in [-0.25, -0.2) is 0 Å². The van der Waals surface area contributed by atoms with Crippen molar-refractivity contribution in [1.29, 1.82) is 0 Å². The Labute approximate surface area is 80.4 Å². The number of hydrogen-bond donors (Lipinski definition) is 1. The number of hydrogen-bond acceptors (Lipinski definition) is 3. The van der Waals surface area contributed by atoms with E-state index in [1.165, 1.54) is 19.3 Å². The summed E-state index contributed by atoms with van der Waals surface area (Å²) in [7, 11) is 4.22. The van der Waals surface area contributed by atoms with Crippen LogP contribution >= 0.6 is 0 Å². The molecule has 13 heavy (non-hydrogen) atoms. The van der Waals surface area contributed by atoms with Crippen LogP contribution in [0.5, 0.6) is 0 Å². The molecule has 3 atom stereocenters. The SMILES string of the molecule is CN(C)CCNC1CC2CCC1O2. The van der Waals surface area contributed by atoms with Crippen LogP contribution in [0.4, 0.5) is 0 Å². The zero-order valence-corrected chi connectivity index (χ0v) is 8.62. The first-order valence-corrected chi connectivity index (χ1v) is 5.29. The van der Waals surface area contributed by atoms with Gasteiger partial charge in [0, 0.05) is 19.1 Å². The van der Waals surface area contributed by atoms with Gasteiger partial charge in [-0.15, -0.1) is 0 Å². The molecule has 0 aromatic heterocycles. The van der Waals surface area contributed by atoms with Crippen LogP contribution in [-0.4, -0.2) is 50.3 Å². The molecule has 0 saturated carbocycles. The average molecular weight is 184 g/mol. The predicted octanol–water partition coefficient (Wildman–Crippen LogP) is 0.457. The second-order valence-corrected chi connectivity index (χ2v) is 4.47. The summed E-state index contributed by atoms with van der Waals surface area (Å²) in [6.45, 7) is 2.21. The van der Waals surface area contributed by atoms with Crippen molar-refractivity contribution >= 4 is 0 Å². The minimum Gasteiger partial charge on any atom is -0.373 e. The normalized spacial score (nSPS) is 37.6. The highest BCUT2D eigenvalue weighted by Gasteiger charge is 2.40. The van der Waals surface area contributed by atoms with Gasteiger partial charge in [-0.1, -0.05) is 0 Å².